The molecule has 0 saturated carbocycles. The van der Waals surface area contributed by atoms with Crippen molar-refractivity contribution in [2.75, 3.05) is 9.80 Å². The number of hydrogen-bond acceptors (Lipinski definition) is 4. The lowest BCUT2D eigenvalue weighted by molar-refractivity contribution is 0.464. The molecule has 10 aromatic rings. The summed E-state index contributed by atoms with van der Waals surface area (Å²) in [6.07, 6.45) is 0. The van der Waals surface area contributed by atoms with Crippen LogP contribution in [0.3, 0.4) is 0 Å². The molecule has 3 heterocycles. The van der Waals surface area contributed by atoms with E-state index in [2.05, 4.69) is 221 Å². The number of benzene rings is 9. The van der Waals surface area contributed by atoms with Gasteiger partial charge < -0.3 is 23.8 Å². The first kappa shape index (κ1) is 34.1. The van der Waals surface area contributed by atoms with Gasteiger partial charge in [-0.2, -0.15) is 0 Å². The van der Waals surface area contributed by atoms with Crippen LogP contribution in [0.15, 0.2) is 218 Å². The highest BCUT2D eigenvalue weighted by Gasteiger charge is 2.40. The molecule has 0 fully saturated rings. The molecule has 2 aliphatic rings. The molecule has 2 aliphatic heterocycles. The van der Waals surface area contributed by atoms with E-state index in [0.29, 0.717) is 0 Å². The van der Waals surface area contributed by atoms with Gasteiger partial charge in [0.25, 0.3) is 6.71 Å². The van der Waals surface area contributed by atoms with E-state index >= 15 is 0 Å². The third kappa shape index (κ3) is 5.49. The van der Waals surface area contributed by atoms with Crippen molar-refractivity contribution >= 4 is 79.0 Å². The molecule has 1 aromatic heterocycles. The van der Waals surface area contributed by atoms with Crippen LogP contribution in [0.25, 0.3) is 27.5 Å². The van der Waals surface area contributed by atoms with Crippen molar-refractivity contribution in [1.82, 2.24) is 4.57 Å². The summed E-state index contributed by atoms with van der Waals surface area (Å²) in [6, 6.07) is 77.2. The highest BCUT2D eigenvalue weighted by Crippen LogP contribution is 2.44. The smallest absolute Gasteiger partial charge is 0.260 e. The fourth-order valence-electron chi connectivity index (χ4n) is 9.27. The summed E-state index contributed by atoms with van der Waals surface area (Å²) >= 11 is 0. The van der Waals surface area contributed by atoms with Crippen LogP contribution >= 0.6 is 0 Å². The molecule has 12 rings (SSSR count). The Morgan fingerprint density at radius 2 is 0.700 bits per heavy atom. The second-order valence-electron chi connectivity index (χ2n) is 15.3. The lowest BCUT2D eigenvalue weighted by atomic mass is 9.35. The molecule has 60 heavy (non-hydrogen) atoms. The Kier molecular flexibility index (Phi) is 7.88. The minimum atomic E-state index is 0.00568. The number of nitrogens with zero attached hydrogens (tertiary/aromatic N) is 3. The molecule has 0 atom stereocenters. The van der Waals surface area contributed by atoms with Gasteiger partial charge in [-0.05, 0) is 108 Å². The van der Waals surface area contributed by atoms with Crippen LogP contribution in [0, 0.1) is 0 Å². The van der Waals surface area contributed by atoms with E-state index in [4.69, 9.17) is 9.47 Å². The second kappa shape index (κ2) is 13.9. The summed E-state index contributed by atoms with van der Waals surface area (Å²) < 4.78 is 15.9. The van der Waals surface area contributed by atoms with Crippen molar-refractivity contribution in [2.24, 2.45) is 0 Å². The number of aromatic nitrogens is 1. The molecule has 0 unspecified atom stereocenters. The zero-order valence-corrected chi connectivity index (χ0v) is 32.5. The standard InChI is InChI=1S/C54H36BN3O2/c1-5-17-37(18-6-1)56(38-19-7-2-8-20-38)41-29-31-48-44(33-41)45-34-42(57(39-21-9-3-10-22-39)40-23-11-4-12-24-40)30-32-49(45)58(48)43-35-52-54-53(36-43)60-51-28-16-14-26-47(51)55(54)46-25-13-15-27-50(46)59-52/h1-36H. The van der Waals surface area contributed by atoms with Gasteiger partial charge in [0.15, 0.2) is 0 Å². The summed E-state index contributed by atoms with van der Waals surface area (Å²) in [7, 11) is 0. The highest BCUT2D eigenvalue weighted by molar-refractivity contribution is 6.98. The largest absolute Gasteiger partial charge is 0.458 e. The van der Waals surface area contributed by atoms with Gasteiger partial charge in [-0.3, -0.25) is 0 Å². The van der Waals surface area contributed by atoms with Crippen molar-refractivity contribution in [2.45, 2.75) is 0 Å². The van der Waals surface area contributed by atoms with Crippen LogP contribution in [0.4, 0.5) is 34.1 Å². The monoisotopic (exact) mass is 769 g/mol. The molecule has 0 radical (unpaired) electrons. The topological polar surface area (TPSA) is 29.9 Å². The van der Waals surface area contributed by atoms with E-state index < -0.39 is 0 Å². The molecular formula is C54H36BN3O2. The summed E-state index contributed by atoms with van der Waals surface area (Å²) in [5.74, 6) is 3.36. The fraction of sp³-hybridized carbons (Fsp3) is 0. The van der Waals surface area contributed by atoms with Crippen LogP contribution < -0.4 is 35.7 Å². The van der Waals surface area contributed by atoms with E-state index in [1.165, 1.54) is 0 Å². The molecule has 0 bridgehead atoms. The molecule has 0 spiro atoms. The summed E-state index contributed by atoms with van der Waals surface area (Å²) in [4.78, 5) is 4.65. The third-order valence-corrected chi connectivity index (χ3v) is 11.8. The van der Waals surface area contributed by atoms with Crippen molar-refractivity contribution in [3.63, 3.8) is 0 Å². The van der Waals surface area contributed by atoms with Crippen LogP contribution in [0.2, 0.25) is 0 Å². The van der Waals surface area contributed by atoms with Gasteiger partial charge in [-0.15, -0.1) is 0 Å². The van der Waals surface area contributed by atoms with Gasteiger partial charge in [0.1, 0.15) is 23.0 Å². The number of ether oxygens (including phenoxy) is 2. The van der Waals surface area contributed by atoms with Gasteiger partial charge in [0.05, 0.1) is 16.7 Å². The number of anilines is 6. The molecule has 282 valence electrons. The van der Waals surface area contributed by atoms with Gasteiger partial charge >= 0.3 is 0 Å². The number of para-hydroxylation sites is 6. The number of hydrogen-bond donors (Lipinski definition) is 0. The summed E-state index contributed by atoms with van der Waals surface area (Å²) in [5.41, 5.74) is 13.0. The van der Waals surface area contributed by atoms with Crippen molar-refractivity contribution in [1.29, 1.82) is 0 Å². The molecule has 0 N–H and O–H groups in total. The first-order valence-electron chi connectivity index (χ1n) is 20.4. The van der Waals surface area contributed by atoms with Crippen LogP contribution in [0.1, 0.15) is 0 Å². The van der Waals surface area contributed by atoms with E-state index in [0.717, 1.165) is 101 Å². The Morgan fingerprint density at radius 1 is 0.333 bits per heavy atom. The lowest BCUT2D eigenvalue weighted by Crippen LogP contribution is -2.57. The Bertz CT molecular complexity index is 2940. The van der Waals surface area contributed by atoms with E-state index in [9.17, 15) is 0 Å². The maximum Gasteiger partial charge on any atom is 0.260 e. The molecule has 0 saturated heterocycles. The predicted molar refractivity (Wildman–Crippen MR) is 248 cm³/mol. The zero-order valence-electron chi connectivity index (χ0n) is 32.5. The maximum absolute atomic E-state index is 6.79. The average molecular weight is 770 g/mol. The van der Waals surface area contributed by atoms with Gasteiger partial charge in [-0.1, -0.05) is 109 Å². The third-order valence-electron chi connectivity index (χ3n) is 11.8. The normalized spacial score (nSPS) is 12.2. The van der Waals surface area contributed by atoms with E-state index in [1.54, 1.807) is 0 Å². The molecule has 5 nitrogen and oxygen atoms in total. The molecule has 0 amide bonds. The van der Waals surface area contributed by atoms with E-state index in [1.807, 2.05) is 12.1 Å². The van der Waals surface area contributed by atoms with Crippen molar-refractivity contribution < 1.29 is 9.47 Å². The predicted octanol–water partition coefficient (Wildman–Crippen LogP) is 12.5. The molecular weight excluding hydrogens is 733 g/mol. The SMILES string of the molecule is c1ccc(N(c2ccccc2)c2ccc3c(c2)c2cc(N(c4ccccc4)c4ccccc4)ccc2n3-c2cc3c4c(c2)Oc2ccccc2B4c2ccccc2O3)cc1. The Balaban J connectivity index is 1.11. The Hall–Kier alpha value is -7.96. The minimum Gasteiger partial charge on any atom is -0.458 e. The van der Waals surface area contributed by atoms with Gasteiger partial charge in [0, 0.05) is 62.5 Å². The van der Waals surface area contributed by atoms with Gasteiger partial charge in [-0.25, -0.2) is 0 Å². The molecule has 6 heteroatoms. The first-order chi connectivity index (χ1) is 29.8. The van der Waals surface area contributed by atoms with Crippen LogP contribution in [-0.2, 0) is 0 Å². The summed E-state index contributed by atoms with van der Waals surface area (Å²) in [5, 5.41) is 2.26. The minimum absolute atomic E-state index is 0.00568. The first-order valence-corrected chi connectivity index (χ1v) is 20.4. The zero-order chi connectivity index (χ0) is 39.6. The maximum atomic E-state index is 6.79. The van der Waals surface area contributed by atoms with Crippen molar-refractivity contribution in [3.05, 3.63) is 218 Å². The fourth-order valence-corrected chi connectivity index (χ4v) is 9.27. The lowest BCUT2D eigenvalue weighted by Gasteiger charge is -2.33. The van der Waals surface area contributed by atoms with E-state index in [-0.39, 0.29) is 6.71 Å². The molecule has 9 aromatic carbocycles. The molecule has 0 aliphatic carbocycles. The number of rotatable bonds is 7. The second-order valence-corrected chi connectivity index (χ2v) is 15.3. The Morgan fingerprint density at radius 3 is 1.10 bits per heavy atom. The van der Waals surface area contributed by atoms with Crippen LogP contribution in [0.5, 0.6) is 23.0 Å². The highest BCUT2D eigenvalue weighted by atomic mass is 16.5. The van der Waals surface area contributed by atoms with Crippen molar-refractivity contribution in [3.8, 4) is 28.7 Å². The summed E-state index contributed by atoms with van der Waals surface area (Å²) in [6.45, 7) is 0.00568. The average Bonchev–Trinajstić information content (AvgIpc) is 3.63. The van der Waals surface area contributed by atoms with Crippen LogP contribution in [-0.4, -0.2) is 11.3 Å². The number of fused-ring (bicyclic) bond motifs is 7. The van der Waals surface area contributed by atoms with Gasteiger partial charge in [0.2, 0.25) is 0 Å². The Labute approximate surface area is 348 Å². The quantitative estimate of drug-likeness (QED) is 0.151.